The molecule has 0 aliphatic carbocycles. The second-order valence-electron chi connectivity index (χ2n) is 6.78. The van der Waals surface area contributed by atoms with Gasteiger partial charge in [-0.15, -0.1) is 0 Å². The van der Waals surface area contributed by atoms with E-state index in [-0.39, 0.29) is 0 Å². The number of hydrogen-bond donors (Lipinski definition) is 0. The van der Waals surface area contributed by atoms with Crippen molar-refractivity contribution in [3.05, 3.63) is 29.8 Å². The van der Waals surface area contributed by atoms with Gasteiger partial charge in [0.2, 0.25) is 0 Å². The van der Waals surface area contributed by atoms with Crippen LogP contribution in [-0.2, 0) is 6.42 Å². The average Bonchev–Trinajstić information content (AvgIpc) is 2.58. The number of aryl methyl sites for hydroxylation is 1. The second-order valence-corrected chi connectivity index (χ2v) is 6.78. The topological polar surface area (TPSA) is 9.23 Å². The van der Waals surface area contributed by atoms with Crippen molar-refractivity contribution < 1.29 is 4.74 Å². The van der Waals surface area contributed by atoms with Crippen LogP contribution in [0.5, 0.6) is 5.75 Å². The molecule has 0 N–H and O–H groups in total. The maximum Gasteiger partial charge on any atom is 0.119 e. The normalized spacial score (nSPS) is 10.9. The molecular weight excluding hydrogens is 280 g/mol. The molecule has 0 heterocycles. The summed E-state index contributed by atoms with van der Waals surface area (Å²) in [5.74, 6) is 1.06. The zero-order valence-corrected chi connectivity index (χ0v) is 15.6. The monoisotopic (exact) mass is 318 g/mol. The van der Waals surface area contributed by atoms with Gasteiger partial charge in [0, 0.05) is 0 Å². The van der Waals surface area contributed by atoms with Crippen LogP contribution in [0.3, 0.4) is 0 Å². The molecule has 0 unspecified atom stereocenters. The van der Waals surface area contributed by atoms with Gasteiger partial charge in [-0.05, 0) is 37.0 Å². The van der Waals surface area contributed by atoms with Gasteiger partial charge in [-0.3, -0.25) is 0 Å². The molecule has 1 aromatic carbocycles. The second kappa shape index (κ2) is 14.6. The lowest BCUT2D eigenvalue weighted by atomic mass is 10.1. The molecular formula is C22H38O. The van der Waals surface area contributed by atoms with Crippen LogP contribution in [0.15, 0.2) is 24.3 Å². The Kier molecular flexibility index (Phi) is 12.7. The minimum atomic E-state index is 0.869. The highest BCUT2D eigenvalue weighted by atomic mass is 16.5. The van der Waals surface area contributed by atoms with Crippen LogP contribution in [0.1, 0.15) is 96.5 Å². The van der Waals surface area contributed by atoms with Gasteiger partial charge in [0.05, 0.1) is 6.61 Å². The lowest BCUT2D eigenvalue weighted by Crippen LogP contribution is -1.98. The highest BCUT2D eigenvalue weighted by Gasteiger charge is 1.98. The fraction of sp³-hybridized carbons (Fsp3) is 0.727. The van der Waals surface area contributed by atoms with Crippen molar-refractivity contribution >= 4 is 0 Å². The van der Waals surface area contributed by atoms with E-state index in [1.165, 1.54) is 89.0 Å². The van der Waals surface area contributed by atoms with Crippen LogP contribution in [0, 0.1) is 0 Å². The highest BCUT2D eigenvalue weighted by Crippen LogP contribution is 2.16. The van der Waals surface area contributed by atoms with Gasteiger partial charge in [0.1, 0.15) is 5.75 Å². The molecule has 0 aromatic heterocycles. The first kappa shape index (κ1) is 20.1. The summed E-state index contributed by atoms with van der Waals surface area (Å²) in [5.41, 5.74) is 1.43. The summed E-state index contributed by atoms with van der Waals surface area (Å²) in [7, 11) is 0. The van der Waals surface area contributed by atoms with Gasteiger partial charge in [-0.2, -0.15) is 0 Å². The standard InChI is InChI=1S/C22H38O/c1-3-5-7-9-10-11-12-14-19-23-22-18-15-17-21(20-22)16-13-8-6-4-2/h15,17-18,20H,3-14,16,19H2,1-2H3. The summed E-state index contributed by atoms with van der Waals surface area (Å²) in [4.78, 5) is 0. The molecule has 1 heteroatoms. The molecule has 0 atom stereocenters. The van der Waals surface area contributed by atoms with Crippen molar-refractivity contribution in [1.29, 1.82) is 0 Å². The number of hydrogen-bond acceptors (Lipinski definition) is 1. The Hall–Kier alpha value is -0.980. The van der Waals surface area contributed by atoms with Crippen molar-refractivity contribution in [2.45, 2.75) is 97.3 Å². The molecule has 132 valence electrons. The van der Waals surface area contributed by atoms with E-state index < -0.39 is 0 Å². The van der Waals surface area contributed by atoms with E-state index >= 15 is 0 Å². The summed E-state index contributed by atoms with van der Waals surface area (Å²) in [6, 6.07) is 8.70. The maximum absolute atomic E-state index is 5.92. The molecule has 0 aliphatic rings. The number of benzene rings is 1. The molecule has 0 bridgehead atoms. The lowest BCUT2D eigenvalue weighted by Gasteiger charge is -2.08. The molecule has 1 aromatic rings. The summed E-state index contributed by atoms with van der Waals surface area (Å²) in [5, 5.41) is 0. The van der Waals surface area contributed by atoms with Crippen LogP contribution in [0.4, 0.5) is 0 Å². The summed E-state index contributed by atoms with van der Waals surface area (Å²) < 4.78 is 5.92. The van der Waals surface area contributed by atoms with E-state index in [1.54, 1.807) is 0 Å². The van der Waals surface area contributed by atoms with Gasteiger partial charge in [-0.1, -0.05) is 90.2 Å². The van der Waals surface area contributed by atoms with E-state index in [2.05, 4.69) is 38.1 Å². The van der Waals surface area contributed by atoms with E-state index in [0.29, 0.717) is 0 Å². The van der Waals surface area contributed by atoms with Gasteiger partial charge in [-0.25, -0.2) is 0 Å². The number of rotatable bonds is 15. The third kappa shape index (κ3) is 11.2. The first-order chi connectivity index (χ1) is 11.4. The van der Waals surface area contributed by atoms with Crippen molar-refractivity contribution in [2.24, 2.45) is 0 Å². The number of unbranched alkanes of at least 4 members (excludes halogenated alkanes) is 10. The van der Waals surface area contributed by atoms with Crippen molar-refractivity contribution in [3.63, 3.8) is 0 Å². The van der Waals surface area contributed by atoms with E-state index in [4.69, 9.17) is 4.74 Å². The van der Waals surface area contributed by atoms with Gasteiger partial charge in [0.25, 0.3) is 0 Å². The number of ether oxygens (including phenoxy) is 1. The molecule has 0 aliphatic heterocycles. The zero-order chi connectivity index (χ0) is 16.6. The van der Waals surface area contributed by atoms with Crippen LogP contribution in [0.2, 0.25) is 0 Å². The van der Waals surface area contributed by atoms with E-state index in [1.807, 2.05) is 0 Å². The third-order valence-electron chi connectivity index (χ3n) is 4.48. The Morgan fingerprint density at radius 2 is 1.30 bits per heavy atom. The Morgan fingerprint density at radius 3 is 2.00 bits per heavy atom. The lowest BCUT2D eigenvalue weighted by molar-refractivity contribution is 0.304. The minimum Gasteiger partial charge on any atom is -0.494 e. The third-order valence-corrected chi connectivity index (χ3v) is 4.48. The molecule has 23 heavy (non-hydrogen) atoms. The molecule has 0 spiro atoms. The molecule has 0 saturated carbocycles. The Balaban J connectivity index is 2.06. The molecule has 0 saturated heterocycles. The summed E-state index contributed by atoms with van der Waals surface area (Å²) in [6.07, 6.45) is 17.3. The highest BCUT2D eigenvalue weighted by molar-refractivity contribution is 5.28. The predicted octanol–water partition coefficient (Wildman–Crippen LogP) is 7.33. The molecule has 1 rings (SSSR count). The molecule has 0 amide bonds. The molecule has 0 radical (unpaired) electrons. The first-order valence-electron chi connectivity index (χ1n) is 10.1. The first-order valence-corrected chi connectivity index (χ1v) is 10.1. The Bertz CT molecular complexity index is 372. The van der Waals surface area contributed by atoms with Crippen molar-refractivity contribution in [3.8, 4) is 5.75 Å². The predicted molar refractivity (Wildman–Crippen MR) is 102 cm³/mol. The molecule has 0 fully saturated rings. The van der Waals surface area contributed by atoms with Gasteiger partial charge in [0.15, 0.2) is 0 Å². The zero-order valence-electron chi connectivity index (χ0n) is 15.6. The molecule has 1 nitrogen and oxygen atoms in total. The quantitative estimate of drug-likeness (QED) is 0.308. The Morgan fingerprint density at radius 1 is 0.696 bits per heavy atom. The summed E-state index contributed by atoms with van der Waals surface area (Å²) in [6.45, 7) is 5.41. The fourth-order valence-electron chi connectivity index (χ4n) is 2.97. The van der Waals surface area contributed by atoms with Crippen molar-refractivity contribution in [2.75, 3.05) is 6.61 Å². The fourth-order valence-corrected chi connectivity index (χ4v) is 2.97. The SMILES string of the molecule is CCCCCCCCCCOc1cccc(CCCCCC)c1. The van der Waals surface area contributed by atoms with E-state index in [9.17, 15) is 0 Å². The minimum absolute atomic E-state index is 0.869. The van der Waals surface area contributed by atoms with Gasteiger partial charge < -0.3 is 4.74 Å². The van der Waals surface area contributed by atoms with Crippen LogP contribution in [-0.4, -0.2) is 6.61 Å². The smallest absolute Gasteiger partial charge is 0.119 e. The largest absolute Gasteiger partial charge is 0.494 e. The average molecular weight is 319 g/mol. The maximum atomic E-state index is 5.92. The summed E-state index contributed by atoms with van der Waals surface area (Å²) >= 11 is 0. The van der Waals surface area contributed by atoms with Crippen LogP contribution < -0.4 is 4.74 Å². The van der Waals surface area contributed by atoms with Crippen LogP contribution >= 0.6 is 0 Å². The Labute approximate surface area is 144 Å². The van der Waals surface area contributed by atoms with Crippen molar-refractivity contribution in [1.82, 2.24) is 0 Å². The van der Waals surface area contributed by atoms with Crippen LogP contribution in [0.25, 0.3) is 0 Å². The van der Waals surface area contributed by atoms with Gasteiger partial charge >= 0.3 is 0 Å². The van der Waals surface area contributed by atoms with E-state index in [0.717, 1.165) is 12.4 Å².